The van der Waals surface area contributed by atoms with Gasteiger partial charge in [-0.2, -0.15) is 0 Å². The summed E-state index contributed by atoms with van der Waals surface area (Å²) in [5.41, 5.74) is 0.486. The van der Waals surface area contributed by atoms with Gasteiger partial charge in [-0.25, -0.2) is 0 Å². The average Bonchev–Trinajstić information content (AvgIpc) is 2.91. The van der Waals surface area contributed by atoms with Crippen molar-refractivity contribution in [2.24, 2.45) is 11.3 Å². The fourth-order valence-corrected chi connectivity index (χ4v) is 4.26. The topological polar surface area (TPSA) is 30.5 Å². The van der Waals surface area contributed by atoms with E-state index in [1.807, 2.05) is 0 Å². The first-order valence-electron chi connectivity index (χ1n) is 7.72. The van der Waals surface area contributed by atoms with Crippen molar-refractivity contribution in [2.75, 3.05) is 26.9 Å². The molecule has 18 heavy (non-hydrogen) atoms. The third-order valence-corrected chi connectivity index (χ3v) is 5.54. The van der Waals surface area contributed by atoms with E-state index in [9.17, 15) is 0 Å². The van der Waals surface area contributed by atoms with Gasteiger partial charge in [0, 0.05) is 31.3 Å². The fourth-order valence-electron chi connectivity index (χ4n) is 4.26. The zero-order chi connectivity index (χ0) is 12.4. The molecule has 3 heteroatoms. The van der Waals surface area contributed by atoms with Gasteiger partial charge in [-0.1, -0.05) is 12.8 Å². The van der Waals surface area contributed by atoms with E-state index < -0.39 is 0 Å². The van der Waals surface area contributed by atoms with Crippen LogP contribution in [0.3, 0.4) is 0 Å². The van der Waals surface area contributed by atoms with Crippen LogP contribution in [-0.4, -0.2) is 39.0 Å². The molecule has 1 aliphatic heterocycles. The van der Waals surface area contributed by atoms with Crippen LogP contribution in [0.25, 0.3) is 0 Å². The first kappa shape index (κ1) is 12.9. The molecule has 3 fully saturated rings. The highest BCUT2D eigenvalue weighted by Gasteiger charge is 2.56. The lowest BCUT2D eigenvalue weighted by Gasteiger charge is -2.54. The summed E-state index contributed by atoms with van der Waals surface area (Å²) in [5.74, 6) is 0.742. The highest BCUT2D eigenvalue weighted by molar-refractivity contribution is 5.09. The Kier molecular flexibility index (Phi) is 3.92. The second-order valence-electron chi connectivity index (χ2n) is 6.39. The second kappa shape index (κ2) is 5.48. The van der Waals surface area contributed by atoms with Gasteiger partial charge in [0.05, 0.1) is 6.10 Å². The lowest BCUT2D eigenvalue weighted by atomic mass is 9.60. The molecule has 0 amide bonds. The Balaban J connectivity index is 1.50. The van der Waals surface area contributed by atoms with Crippen LogP contribution in [0, 0.1) is 11.3 Å². The van der Waals surface area contributed by atoms with Crippen molar-refractivity contribution < 1.29 is 9.47 Å². The van der Waals surface area contributed by atoms with Crippen LogP contribution < -0.4 is 5.32 Å². The Morgan fingerprint density at radius 3 is 2.61 bits per heavy atom. The van der Waals surface area contributed by atoms with Gasteiger partial charge in [0.2, 0.25) is 0 Å². The van der Waals surface area contributed by atoms with Gasteiger partial charge in [0.15, 0.2) is 0 Å². The molecule has 0 radical (unpaired) electrons. The van der Waals surface area contributed by atoms with Crippen molar-refractivity contribution >= 4 is 0 Å². The number of nitrogens with one attached hydrogen (secondary N) is 1. The van der Waals surface area contributed by atoms with E-state index >= 15 is 0 Å². The first-order chi connectivity index (χ1) is 8.85. The highest BCUT2D eigenvalue weighted by atomic mass is 16.5. The van der Waals surface area contributed by atoms with Crippen molar-refractivity contribution in [3.8, 4) is 0 Å². The van der Waals surface area contributed by atoms with Gasteiger partial charge >= 0.3 is 0 Å². The van der Waals surface area contributed by atoms with Crippen LogP contribution in [-0.2, 0) is 9.47 Å². The Bertz CT molecular complexity index is 270. The van der Waals surface area contributed by atoms with Crippen molar-refractivity contribution in [3.05, 3.63) is 0 Å². The number of ether oxygens (including phenoxy) is 2. The predicted molar refractivity (Wildman–Crippen MR) is 71.6 cm³/mol. The third-order valence-electron chi connectivity index (χ3n) is 5.54. The van der Waals surface area contributed by atoms with Gasteiger partial charge in [0.1, 0.15) is 0 Å². The lowest BCUT2D eigenvalue weighted by molar-refractivity contribution is -0.144. The van der Waals surface area contributed by atoms with Gasteiger partial charge in [-0.05, 0) is 45.1 Å². The third kappa shape index (κ3) is 2.21. The predicted octanol–water partition coefficient (Wildman–Crippen LogP) is 2.35. The molecule has 0 aromatic carbocycles. The molecule has 0 bridgehead atoms. The first-order valence-corrected chi connectivity index (χ1v) is 7.72. The molecule has 0 aromatic rings. The summed E-state index contributed by atoms with van der Waals surface area (Å²) in [6, 6.07) is 0.708. The molecule has 1 spiro atoms. The van der Waals surface area contributed by atoms with Crippen LogP contribution in [0.2, 0.25) is 0 Å². The molecule has 3 aliphatic rings. The summed E-state index contributed by atoms with van der Waals surface area (Å²) in [5, 5.41) is 3.50. The number of rotatable bonds is 4. The molecule has 1 N–H and O–H groups in total. The van der Waals surface area contributed by atoms with Crippen molar-refractivity contribution in [3.63, 3.8) is 0 Å². The minimum absolute atomic E-state index is 0.486. The summed E-state index contributed by atoms with van der Waals surface area (Å²) in [4.78, 5) is 0. The Morgan fingerprint density at radius 2 is 1.94 bits per heavy atom. The molecule has 104 valence electrons. The molecule has 0 aromatic heterocycles. The van der Waals surface area contributed by atoms with Gasteiger partial charge < -0.3 is 14.8 Å². The smallest absolute Gasteiger partial charge is 0.0661 e. The normalized spacial score (nSPS) is 35.8. The van der Waals surface area contributed by atoms with E-state index in [-0.39, 0.29) is 0 Å². The highest BCUT2D eigenvalue weighted by Crippen LogP contribution is 2.54. The molecule has 1 heterocycles. The van der Waals surface area contributed by atoms with E-state index in [2.05, 4.69) is 12.4 Å². The quantitative estimate of drug-likeness (QED) is 0.834. The van der Waals surface area contributed by atoms with Gasteiger partial charge in [-0.3, -0.25) is 0 Å². The van der Waals surface area contributed by atoms with Crippen molar-refractivity contribution in [2.45, 2.75) is 57.1 Å². The van der Waals surface area contributed by atoms with E-state index in [1.165, 1.54) is 44.9 Å². The van der Waals surface area contributed by atoms with Crippen LogP contribution in [0.5, 0.6) is 0 Å². The zero-order valence-corrected chi connectivity index (χ0v) is 11.6. The van der Waals surface area contributed by atoms with E-state index in [1.54, 1.807) is 0 Å². The number of hydrogen-bond acceptors (Lipinski definition) is 3. The molecule has 2 saturated carbocycles. The van der Waals surface area contributed by atoms with E-state index in [4.69, 9.17) is 9.47 Å². The minimum Gasteiger partial charge on any atom is -0.381 e. The van der Waals surface area contributed by atoms with Crippen LogP contribution >= 0.6 is 0 Å². The maximum Gasteiger partial charge on any atom is 0.0661 e. The zero-order valence-electron chi connectivity index (χ0n) is 11.6. The Morgan fingerprint density at radius 1 is 1.22 bits per heavy atom. The van der Waals surface area contributed by atoms with Gasteiger partial charge in [-0.15, -0.1) is 0 Å². The summed E-state index contributed by atoms with van der Waals surface area (Å²) in [6.07, 6.45) is 9.67. The van der Waals surface area contributed by atoms with Crippen LogP contribution in [0.15, 0.2) is 0 Å². The summed E-state index contributed by atoms with van der Waals surface area (Å²) < 4.78 is 11.7. The SMILES string of the molecule is CNC1CC(OCC2CCOCC2)C12CCCC2. The second-order valence-corrected chi connectivity index (χ2v) is 6.39. The lowest BCUT2D eigenvalue weighted by Crippen LogP contribution is -2.62. The molecular weight excluding hydrogens is 226 g/mol. The number of hydrogen-bond donors (Lipinski definition) is 1. The molecule has 3 rings (SSSR count). The molecule has 2 aliphatic carbocycles. The molecule has 2 unspecified atom stereocenters. The largest absolute Gasteiger partial charge is 0.381 e. The Labute approximate surface area is 111 Å². The fraction of sp³-hybridized carbons (Fsp3) is 1.00. The van der Waals surface area contributed by atoms with E-state index in [0.29, 0.717) is 17.6 Å². The molecule has 1 saturated heterocycles. The summed E-state index contributed by atoms with van der Waals surface area (Å²) >= 11 is 0. The van der Waals surface area contributed by atoms with Crippen molar-refractivity contribution in [1.29, 1.82) is 0 Å². The average molecular weight is 253 g/mol. The maximum absolute atomic E-state index is 6.29. The monoisotopic (exact) mass is 253 g/mol. The maximum atomic E-state index is 6.29. The standard InChI is InChI=1S/C15H27NO2/c1-16-13-10-14(15(13)6-2-3-7-15)18-11-12-4-8-17-9-5-12/h12-14,16H,2-11H2,1H3. The Hall–Kier alpha value is -0.120. The van der Waals surface area contributed by atoms with E-state index in [0.717, 1.165) is 25.7 Å². The molecular formula is C15H27NO2. The minimum atomic E-state index is 0.486. The van der Waals surface area contributed by atoms with Gasteiger partial charge in [0.25, 0.3) is 0 Å². The molecule has 3 nitrogen and oxygen atoms in total. The van der Waals surface area contributed by atoms with Crippen molar-refractivity contribution in [1.82, 2.24) is 5.32 Å². The summed E-state index contributed by atoms with van der Waals surface area (Å²) in [6.45, 7) is 2.83. The summed E-state index contributed by atoms with van der Waals surface area (Å²) in [7, 11) is 2.11. The molecule has 2 atom stereocenters. The van der Waals surface area contributed by atoms with Crippen LogP contribution in [0.1, 0.15) is 44.9 Å². The van der Waals surface area contributed by atoms with Crippen LogP contribution in [0.4, 0.5) is 0 Å².